The summed E-state index contributed by atoms with van der Waals surface area (Å²) in [6.07, 6.45) is 3.22. The third kappa shape index (κ3) is 3.00. The van der Waals surface area contributed by atoms with E-state index in [2.05, 4.69) is 19.2 Å². The molecule has 1 aromatic heterocycles. The minimum Gasteiger partial charge on any atom is -0.472 e. The molecule has 18 heavy (non-hydrogen) atoms. The minimum absolute atomic E-state index is 0.0634. The van der Waals surface area contributed by atoms with Crippen molar-refractivity contribution in [1.82, 2.24) is 5.32 Å². The van der Waals surface area contributed by atoms with Gasteiger partial charge in [-0.05, 0) is 29.7 Å². The molecule has 3 nitrogen and oxygen atoms in total. The van der Waals surface area contributed by atoms with Crippen LogP contribution in [0.1, 0.15) is 41.3 Å². The Morgan fingerprint density at radius 1 is 1.22 bits per heavy atom. The van der Waals surface area contributed by atoms with Crippen molar-refractivity contribution in [3.05, 3.63) is 59.5 Å². The standard InChI is InChI=1S/C15H17NO2/c1-11(2)13-3-5-14(6-4-13)15(17)16-9-12-7-8-18-10-12/h3-8,10-11H,9H2,1-2H3,(H,16,17). The van der Waals surface area contributed by atoms with Crippen LogP contribution >= 0.6 is 0 Å². The first kappa shape index (κ1) is 12.4. The maximum atomic E-state index is 11.9. The lowest BCUT2D eigenvalue weighted by molar-refractivity contribution is 0.0951. The van der Waals surface area contributed by atoms with Crippen LogP contribution in [0.2, 0.25) is 0 Å². The Balaban J connectivity index is 1.96. The fourth-order valence-corrected chi connectivity index (χ4v) is 1.70. The van der Waals surface area contributed by atoms with Gasteiger partial charge in [-0.2, -0.15) is 0 Å². The van der Waals surface area contributed by atoms with Crippen LogP contribution in [-0.4, -0.2) is 5.91 Å². The van der Waals surface area contributed by atoms with Crippen molar-refractivity contribution in [3.8, 4) is 0 Å². The van der Waals surface area contributed by atoms with Crippen LogP contribution in [0.25, 0.3) is 0 Å². The van der Waals surface area contributed by atoms with E-state index in [-0.39, 0.29) is 5.91 Å². The first-order valence-corrected chi connectivity index (χ1v) is 6.06. The lowest BCUT2D eigenvalue weighted by Gasteiger charge is -2.07. The van der Waals surface area contributed by atoms with Crippen LogP contribution in [0.15, 0.2) is 47.3 Å². The SMILES string of the molecule is CC(C)c1ccc(C(=O)NCc2ccoc2)cc1. The second-order valence-electron chi connectivity index (χ2n) is 4.59. The van der Waals surface area contributed by atoms with Gasteiger partial charge in [0.1, 0.15) is 0 Å². The summed E-state index contributed by atoms with van der Waals surface area (Å²) in [6, 6.07) is 9.55. The fraction of sp³-hybridized carbons (Fsp3) is 0.267. The van der Waals surface area contributed by atoms with E-state index in [1.165, 1.54) is 5.56 Å². The quantitative estimate of drug-likeness (QED) is 0.895. The van der Waals surface area contributed by atoms with Crippen molar-refractivity contribution in [1.29, 1.82) is 0 Å². The lowest BCUT2D eigenvalue weighted by Crippen LogP contribution is -2.22. The Morgan fingerprint density at radius 3 is 2.50 bits per heavy atom. The van der Waals surface area contributed by atoms with Crippen LogP contribution in [0.4, 0.5) is 0 Å². The zero-order valence-corrected chi connectivity index (χ0v) is 10.6. The molecular formula is C15H17NO2. The van der Waals surface area contributed by atoms with Gasteiger partial charge in [0, 0.05) is 17.7 Å². The number of rotatable bonds is 4. The molecule has 1 amide bonds. The molecule has 94 valence electrons. The van der Waals surface area contributed by atoms with Gasteiger partial charge in [0.25, 0.3) is 5.91 Å². The summed E-state index contributed by atoms with van der Waals surface area (Å²) in [5.74, 6) is 0.416. The van der Waals surface area contributed by atoms with Crippen LogP contribution in [-0.2, 0) is 6.54 Å². The van der Waals surface area contributed by atoms with Gasteiger partial charge in [-0.3, -0.25) is 4.79 Å². The molecular weight excluding hydrogens is 226 g/mol. The molecule has 0 fully saturated rings. The van der Waals surface area contributed by atoms with E-state index in [0.717, 1.165) is 5.56 Å². The topological polar surface area (TPSA) is 42.2 Å². The van der Waals surface area contributed by atoms with Gasteiger partial charge < -0.3 is 9.73 Å². The van der Waals surface area contributed by atoms with Crippen LogP contribution in [0, 0.1) is 0 Å². The molecule has 0 saturated heterocycles. The Hall–Kier alpha value is -2.03. The Morgan fingerprint density at radius 2 is 1.94 bits per heavy atom. The Labute approximate surface area is 107 Å². The number of amides is 1. The van der Waals surface area contributed by atoms with E-state index in [9.17, 15) is 4.79 Å². The molecule has 0 saturated carbocycles. The highest BCUT2D eigenvalue weighted by Crippen LogP contribution is 2.14. The maximum absolute atomic E-state index is 11.9. The predicted octanol–water partition coefficient (Wildman–Crippen LogP) is 3.33. The molecule has 0 aliphatic carbocycles. The number of furan rings is 1. The van der Waals surface area contributed by atoms with E-state index in [0.29, 0.717) is 18.0 Å². The summed E-state index contributed by atoms with van der Waals surface area (Å²) < 4.78 is 4.94. The lowest BCUT2D eigenvalue weighted by atomic mass is 10.0. The fourth-order valence-electron chi connectivity index (χ4n) is 1.70. The molecule has 0 aliphatic rings. The molecule has 0 bridgehead atoms. The van der Waals surface area contributed by atoms with E-state index >= 15 is 0 Å². The maximum Gasteiger partial charge on any atom is 0.251 e. The largest absolute Gasteiger partial charge is 0.472 e. The number of nitrogens with one attached hydrogen (secondary N) is 1. The highest BCUT2D eigenvalue weighted by Gasteiger charge is 2.06. The zero-order valence-electron chi connectivity index (χ0n) is 10.6. The minimum atomic E-state index is -0.0634. The summed E-state index contributed by atoms with van der Waals surface area (Å²) in [7, 11) is 0. The number of benzene rings is 1. The van der Waals surface area contributed by atoms with E-state index in [4.69, 9.17) is 4.42 Å². The summed E-state index contributed by atoms with van der Waals surface area (Å²) in [5, 5.41) is 2.85. The highest BCUT2D eigenvalue weighted by molar-refractivity contribution is 5.94. The molecule has 0 atom stereocenters. The van der Waals surface area contributed by atoms with Crippen molar-refractivity contribution < 1.29 is 9.21 Å². The molecule has 0 radical (unpaired) electrons. The predicted molar refractivity (Wildman–Crippen MR) is 70.4 cm³/mol. The number of hydrogen-bond acceptors (Lipinski definition) is 2. The monoisotopic (exact) mass is 243 g/mol. The number of carbonyl (C=O) groups is 1. The normalized spacial score (nSPS) is 10.6. The van der Waals surface area contributed by atoms with Crippen molar-refractivity contribution in [3.63, 3.8) is 0 Å². The summed E-state index contributed by atoms with van der Waals surface area (Å²) >= 11 is 0. The van der Waals surface area contributed by atoms with Crippen LogP contribution in [0.3, 0.4) is 0 Å². The summed E-state index contributed by atoms with van der Waals surface area (Å²) in [6.45, 7) is 4.75. The average molecular weight is 243 g/mol. The molecule has 3 heteroatoms. The summed E-state index contributed by atoms with van der Waals surface area (Å²) in [4.78, 5) is 11.9. The smallest absolute Gasteiger partial charge is 0.251 e. The van der Waals surface area contributed by atoms with Crippen molar-refractivity contribution in [2.24, 2.45) is 0 Å². The van der Waals surface area contributed by atoms with Crippen LogP contribution in [0.5, 0.6) is 0 Å². The molecule has 1 heterocycles. The molecule has 0 unspecified atom stereocenters. The van der Waals surface area contributed by atoms with Crippen molar-refractivity contribution in [2.45, 2.75) is 26.3 Å². The van der Waals surface area contributed by atoms with Gasteiger partial charge in [-0.25, -0.2) is 0 Å². The van der Waals surface area contributed by atoms with Gasteiger partial charge in [-0.15, -0.1) is 0 Å². The number of carbonyl (C=O) groups excluding carboxylic acids is 1. The average Bonchev–Trinajstić information content (AvgIpc) is 2.89. The second-order valence-corrected chi connectivity index (χ2v) is 4.59. The van der Waals surface area contributed by atoms with E-state index in [1.807, 2.05) is 30.3 Å². The second kappa shape index (κ2) is 5.54. The van der Waals surface area contributed by atoms with Crippen LogP contribution < -0.4 is 5.32 Å². The van der Waals surface area contributed by atoms with Crippen molar-refractivity contribution in [2.75, 3.05) is 0 Å². The van der Waals surface area contributed by atoms with Gasteiger partial charge >= 0.3 is 0 Å². The van der Waals surface area contributed by atoms with Gasteiger partial charge in [0.2, 0.25) is 0 Å². The summed E-state index contributed by atoms with van der Waals surface area (Å²) in [5.41, 5.74) is 2.88. The molecule has 0 spiro atoms. The molecule has 0 aliphatic heterocycles. The first-order valence-electron chi connectivity index (χ1n) is 6.06. The Bertz CT molecular complexity index is 498. The molecule has 2 rings (SSSR count). The third-order valence-electron chi connectivity index (χ3n) is 2.87. The first-order chi connectivity index (χ1) is 8.66. The molecule has 1 aromatic carbocycles. The molecule has 1 N–H and O–H groups in total. The van der Waals surface area contributed by atoms with Crippen molar-refractivity contribution >= 4 is 5.91 Å². The molecule has 2 aromatic rings. The van der Waals surface area contributed by atoms with Gasteiger partial charge in [-0.1, -0.05) is 26.0 Å². The zero-order chi connectivity index (χ0) is 13.0. The van der Waals surface area contributed by atoms with E-state index in [1.54, 1.807) is 12.5 Å². The Kier molecular flexibility index (Phi) is 3.82. The highest BCUT2D eigenvalue weighted by atomic mass is 16.3. The number of hydrogen-bond donors (Lipinski definition) is 1. The van der Waals surface area contributed by atoms with E-state index < -0.39 is 0 Å². The van der Waals surface area contributed by atoms with Gasteiger partial charge in [0.05, 0.1) is 12.5 Å². The third-order valence-corrected chi connectivity index (χ3v) is 2.87. The van der Waals surface area contributed by atoms with Gasteiger partial charge in [0.15, 0.2) is 0 Å².